The summed E-state index contributed by atoms with van der Waals surface area (Å²) in [5.74, 6) is -0.455. The summed E-state index contributed by atoms with van der Waals surface area (Å²) in [5.41, 5.74) is 1.12. The van der Waals surface area contributed by atoms with Crippen LogP contribution in [0.4, 0.5) is 0 Å². The molecule has 3 rings (SSSR count). The van der Waals surface area contributed by atoms with Crippen LogP contribution < -0.4 is 5.32 Å². The first kappa shape index (κ1) is 14.5. The molecule has 1 aliphatic rings. The van der Waals surface area contributed by atoms with E-state index in [1.165, 1.54) is 4.90 Å². The Morgan fingerprint density at radius 3 is 2.95 bits per heavy atom. The number of hydrogen-bond acceptors (Lipinski definition) is 4. The van der Waals surface area contributed by atoms with Crippen molar-refractivity contribution in [1.82, 2.24) is 25.2 Å². The van der Waals surface area contributed by atoms with E-state index in [-0.39, 0.29) is 24.1 Å². The standard InChI is InChI=1S/C14H14ClN5O2/c15-11-4-2-1-3-10(11)7-20-8-12(17-18-20)14(22)19-6-5-16-13(21)9-19/h1-4,8H,5-7,9H2,(H,16,21). The second kappa shape index (κ2) is 6.15. The molecular formula is C14H14ClN5O2. The summed E-state index contributed by atoms with van der Waals surface area (Å²) in [6.07, 6.45) is 1.57. The molecule has 8 heteroatoms. The van der Waals surface area contributed by atoms with Gasteiger partial charge < -0.3 is 10.2 Å². The highest BCUT2D eigenvalue weighted by Gasteiger charge is 2.24. The summed E-state index contributed by atoms with van der Waals surface area (Å²) in [7, 11) is 0. The maximum absolute atomic E-state index is 12.3. The number of halogens is 1. The quantitative estimate of drug-likeness (QED) is 0.896. The third-order valence-electron chi connectivity index (χ3n) is 3.37. The fourth-order valence-electron chi connectivity index (χ4n) is 2.25. The molecule has 114 valence electrons. The summed E-state index contributed by atoms with van der Waals surface area (Å²) in [6.45, 7) is 1.41. The number of benzene rings is 1. The zero-order valence-electron chi connectivity index (χ0n) is 11.7. The summed E-state index contributed by atoms with van der Waals surface area (Å²) in [6, 6.07) is 7.42. The van der Waals surface area contributed by atoms with Crippen LogP contribution in [0.1, 0.15) is 16.1 Å². The fourth-order valence-corrected chi connectivity index (χ4v) is 2.44. The molecule has 0 radical (unpaired) electrons. The molecule has 0 bridgehead atoms. The number of piperazine rings is 1. The Bertz CT molecular complexity index is 715. The Morgan fingerprint density at radius 2 is 2.18 bits per heavy atom. The van der Waals surface area contributed by atoms with Crippen LogP contribution in [0.2, 0.25) is 5.02 Å². The van der Waals surface area contributed by atoms with Crippen LogP contribution in [0.15, 0.2) is 30.5 Å². The molecular weight excluding hydrogens is 306 g/mol. The normalized spacial score (nSPS) is 14.8. The summed E-state index contributed by atoms with van der Waals surface area (Å²) in [4.78, 5) is 25.1. The Morgan fingerprint density at radius 1 is 1.36 bits per heavy atom. The highest BCUT2D eigenvalue weighted by molar-refractivity contribution is 6.31. The molecule has 2 amide bonds. The number of amides is 2. The molecule has 1 aliphatic heterocycles. The highest BCUT2D eigenvalue weighted by atomic mass is 35.5. The summed E-state index contributed by atoms with van der Waals surface area (Å²) in [5, 5.41) is 11.1. The predicted octanol–water partition coefficient (Wildman–Crippen LogP) is 0.552. The van der Waals surface area contributed by atoms with Gasteiger partial charge in [-0.2, -0.15) is 0 Å². The van der Waals surface area contributed by atoms with E-state index in [1.807, 2.05) is 18.2 Å². The Kier molecular flexibility index (Phi) is 4.06. The number of nitrogens with one attached hydrogen (secondary N) is 1. The average molecular weight is 320 g/mol. The Balaban J connectivity index is 1.72. The van der Waals surface area contributed by atoms with Crippen LogP contribution in [-0.2, 0) is 11.3 Å². The SMILES string of the molecule is O=C1CN(C(=O)c2cn(Cc3ccccc3Cl)nn2)CCN1. The topological polar surface area (TPSA) is 80.1 Å². The lowest BCUT2D eigenvalue weighted by molar-refractivity contribution is -0.123. The first-order valence-corrected chi connectivity index (χ1v) is 7.21. The van der Waals surface area contributed by atoms with E-state index < -0.39 is 0 Å². The Labute approximate surface area is 131 Å². The Hall–Kier alpha value is -2.41. The van der Waals surface area contributed by atoms with E-state index in [4.69, 9.17) is 11.6 Å². The monoisotopic (exact) mass is 319 g/mol. The third-order valence-corrected chi connectivity index (χ3v) is 3.74. The lowest BCUT2D eigenvalue weighted by Crippen LogP contribution is -2.50. The lowest BCUT2D eigenvalue weighted by atomic mass is 10.2. The third kappa shape index (κ3) is 3.09. The van der Waals surface area contributed by atoms with Crippen molar-refractivity contribution in [3.05, 3.63) is 46.7 Å². The van der Waals surface area contributed by atoms with Gasteiger partial charge in [-0.15, -0.1) is 5.10 Å². The first-order chi connectivity index (χ1) is 10.6. The van der Waals surface area contributed by atoms with Crippen LogP contribution >= 0.6 is 11.6 Å². The molecule has 1 fully saturated rings. The highest BCUT2D eigenvalue weighted by Crippen LogP contribution is 2.16. The zero-order valence-corrected chi connectivity index (χ0v) is 12.5. The molecule has 7 nitrogen and oxygen atoms in total. The fraction of sp³-hybridized carbons (Fsp3) is 0.286. The molecule has 0 saturated carbocycles. The number of carbonyl (C=O) groups is 2. The van der Waals surface area contributed by atoms with E-state index in [2.05, 4.69) is 15.6 Å². The second-order valence-corrected chi connectivity index (χ2v) is 5.38. The van der Waals surface area contributed by atoms with Gasteiger partial charge in [-0.25, -0.2) is 4.68 Å². The summed E-state index contributed by atoms with van der Waals surface area (Å²) < 4.78 is 1.55. The molecule has 2 aromatic rings. The van der Waals surface area contributed by atoms with Crippen molar-refractivity contribution >= 4 is 23.4 Å². The van der Waals surface area contributed by atoms with Gasteiger partial charge in [0.1, 0.15) is 0 Å². The number of aromatic nitrogens is 3. The minimum Gasteiger partial charge on any atom is -0.353 e. The number of rotatable bonds is 3. The molecule has 0 unspecified atom stereocenters. The van der Waals surface area contributed by atoms with Crippen LogP contribution in [-0.4, -0.2) is 51.3 Å². The maximum atomic E-state index is 12.3. The van der Waals surface area contributed by atoms with Crippen molar-refractivity contribution in [3.8, 4) is 0 Å². The van der Waals surface area contributed by atoms with Gasteiger partial charge in [0.2, 0.25) is 5.91 Å². The van der Waals surface area contributed by atoms with E-state index >= 15 is 0 Å². The van der Waals surface area contributed by atoms with Gasteiger partial charge in [0, 0.05) is 18.1 Å². The molecule has 0 atom stereocenters. The molecule has 1 aromatic carbocycles. The van der Waals surface area contributed by atoms with Crippen molar-refractivity contribution in [2.24, 2.45) is 0 Å². The zero-order chi connectivity index (χ0) is 15.5. The first-order valence-electron chi connectivity index (χ1n) is 6.83. The number of carbonyl (C=O) groups excluding carboxylic acids is 2. The minimum atomic E-state index is -0.291. The summed E-state index contributed by atoms with van der Waals surface area (Å²) >= 11 is 6.10. The van der Waals surface area contributed by atoms with Crippen molar-refractivity contribution in [2.45, 2.75) is 6.54 Å². The second-order valence-electron chi connectivity index (χ2n) is 4.97. The van der Waals surface area contributed by atoms with Gasteiger partial charge in [0.05, 0.1) is 19.3 Å². The van der Waals surface area contributed by atoms with Crippen LogP contribution in [0.25, 0.3) is 0 Å². The molecule has 1 saturated heterocycles. The van der Waals surface area contributed by atoms with Gasteiger partial charge in [-0.3, -0.25) is 9.59 Å². The van der Waals surface area contributed by atoms with Gasteiger partial charge in [0.25, 0.3) is 5.91 Å². The van der Waals surface area contributed by atoms with Crippen LogP contribution in [0.3, 0.4) is 0 Å². The minimum absolute atomic E-state index is 0.0518. The molecule has 1 N–H and O–H groups in total. The average Bonchev–Trinajstić information content (AvgIpc) is 2.97. The van der Waals surface area contributed by atoms with Gasteiger partial charge in [-0.05, 0) is 11.6 Å². The van der Waals surface area contributed by atoms with Gasteiger partial charge in [-0.1, -0.05) is 35.0 Å². The molecule has 0 aliphatic carbocycles. The van der Waals surface area contributed by atoms with E-state index in [0.29, 0.717) is 24.7 Å². The van der Waals surface area contributed by atoms with Crippen molar-refractivity contribution in [1.29, 1.82) is 0 Å². The molecule has 2 heterocycles. The van der Waals surface area contributed by atoms with Crippen molar-refractivity contribution in [3.63, 3.8) is 0 Å². The van der Waals surface area contributed by atoms with Gasteiger partial charge >= 0.3 is 0 Å². The van der Waals surface area contributed by atoms with E-state index in [0.717, 1.165) is 5.56 Å². The lowest BCUT2D eigenvalue weighted by Gasteiger charge is -2.25. The van der Waals surface area contributed by atoms with E-state index in [1.54, 1.807) is 16.9 Å². The van der Waals surface area contributed by atoms with Gasteiger partial charge in [0.15, 0.2) is 5.69 Å². The number of nitrogens with zero attached hydrogens (tertiary/aromatic N) is 4. The number of hydrogen-bond donors (Lipinski definition) is 1. The molecule has 1 aromatic heterocycles. The predicted molar refractivity (Wildman–Crippen MR) is 79.5 cm³/mol. The van der Waals surface area contributed by atoms with Crippen LogP contribution in [0.5, 0.6) is 0 Å². The van der Waals surface area contributed by atoms with Crippen molar-refractivity contribution in [2.75, 3.05) is 19.6 Å². The maximum Gasteiger partial charge on any atom is 0.276 e. The molecule has 0 spiro atoms. The van der Waals surface area contributed by atoms with Crippen LogP contribution in [0, 0.1) is 0 Å². The largest absolute Gasteiger partial charge is 0.353 e. The molecule has 22 heavy (non-hydrogen) atoms. The van der Waals surface area contributed by atoms with Crippen molar-refractivity contribution < 1.29 is 9.59 Å². The smallest absolute Gasteiger partial charge is 0.276 e. The van der Waals surface area contributed by atoms with E-state index in [9.17, 15) is 9.59 Å².